The fourth-order valence-electron chi connectivity index (χ4n) is 11.5. The smallest absolute Gasteiger partial charge is 0.135 e. The maximum Gasteiger partial charge on any atom is 0.135 e. The molecule has 2 nitrogen and oxygen atoms in total. The summed E-state index contributed by atoms with van der Waals surface area (Å²) in [6, 6.07) is 83.1. The Bertz CT molecular complexity index is 3780. The predicted molar refractivity (Wildman–Crippen MR) is 263 cm³/mol. The number of anilines is 3. The fourth-order valence-corrected chi connectivity index (χ4v) is 11.5. The minimum atomic E-state index is -0.465. The van der Waals surface area contributed by atoms with Gasteiger partial charge in [-0.15, -0.1) is 0 Å². The third-order valence-corrected chi connectivity index (χ3v) is 14.0. The molecule has 0 aliphatic heterocycles. The Hall–Kier alpha value is -8.20. The van der Waals surface area contributed by atoms with E-state index in [-0.39, 0.29) is 0 Å². The van der Waals surface area contributed by atoms with Crippen LogP contribution in [0.5, 0.6) is 0 Å². The highest BCUT2D eigenvalue weighted by molar-refractivity contribution is 6.28. The van der Waals surface area contributed by atoms with Crippen LogP contribution < -0.4 is 4.90 Å². The summed E-state index contributed by atoms with van der Waals surface area (Å²) >= 11 is 0. The molecule has 2 aliphatic rings. The van der Waals surface area contributed by atoms with Gasteiger partial charge in [0, 0.05) is 27.5 Å². The zero-order chi connectivity index (χ0) is 41.2. The van der Waals surface area contributed by atoms with Gasteiger partial charge in [0.05, 0.1) is 11.1 Å². The lowest BCUT2D eigenvalue weighted by molar-refractivity contribution is 0.669. The zero-order valence-electron chi connectivity index (χ0n) is 34.2. The van der Waals surface area contributed by atoms with Gasteiger partial charge in [0.1, 0.15) is 11.2 Å². The van der Waals surface area contributed by atoms with Crippen LogP contribution in [-0.4, -0.2) is 0 Å². The second-order valence-corrected chi connectivity index (χ2v) is 17.1. The van der Waals surface area contributed by atoms with Gasteiger partial charge < -0.3 is 9.32 Å². The van der Waals surface area contributed by atoms with Gasteiger partial charge in [-0.25, -0.2) is 0 Å². The molecule has 0 unspecified atom stereocenters. The molecule has 0 fully saturated rings. The molecule has 2 heteroatoms. The van der Waals surface area contributed by atoms with E-state index in [1.807, 2.05) is 12.1 Å². The van der Waals surface area contributed by atoms with Crippen LogP contribution in [-0.2, 0) is 5.41 Å². The minimum Gasteiger partial charge on any atom is -0.456 e. The number of rotatable bonds is 4. The van der Waals surface area contributed by atoms with Gasteiger partial charge in [-0.05, 0) is 131 Å². The Morgan fingerprint density at radius 1 is 0.302 bits per heavy atom. The normalized spacial score (nSPS) is 13.2. The molecule has 0 radical (unpaired) electrons. The second-order valence-electron chi connectivity index (χ2n) is 17.1. The highest BCUT2D eigenvalue weighted by atomic mass is 16.3. The van der Waals surface area contributed by atoms with Crippen molar-refractivity contribution in [3.8, 4) is 33.4 Å². The largest absolute Gasteiger partial charge is 0.456 e. The average Bonchev–Trinajstić information content (AvgIpc) is 3.98. The first-order valence-corrected chi connectivity index (χ1v) is 21.8. The molecule has 2 aliphatic carbocycles. The molecule has 0 saturated carbocycles. The molecule has 63 heavy (non-hydrogen) atoms. The average molecular weight is 800 g/mol. The van der Waals surface area contributed by atoms with E-state index in [9.17, 15) is 0 Å². The maximum atomic E-state index is 6.26. The number of benzene rings is 11. The molecule has 292 valence electrons. The van der Waals surface area contributed by atoms with E-state index in [1.165, 1.54) is 76.8 Å². The van der Waals surface area contributed by atoms with E-state index in [4.69, 9.17) is 4.42 Å². The van der Waals surface area contributed by atoms with E-state index < -0.39 is 5.41 Å². The highest BCUT2D eigenvalue weighted by Gasteiger charge is 2.51. The van der Waals surface area contributed by atoms with E-state index in [0.29, 0.717) is 0 Å². The molecule has 0 bridgehead atoms. The molecule has 12 aromatic rings. The number of furan rings is 1. The number of fused-ring (bicyclic) bond motifs is 19. The molecule has 1 heterocycles. The van der Waals surface area contributed by atoms with Crippen LogP contribution in [0.1, 0.15) is 22.3 Å². The monoisotopic (exact) mass is 799 g/mol. The van der Waals surface area contributed by atoms with Crippen molar-refractivity contribution in [2.75, 3.05) is 4.90 Å². The van der Waals surface area contributed by atoms with Crippen molar-refractivity contribution >= 4 is 71.3 Å². The highest BCUT2D eigenvalue weighted by Crippen LogP contribution is 2.63. The Morgan fingerprint density at radius 2 is 0.794 bits per heavy atom. The quantitative estimate of drug-likeness (QED) is 0.165. The van der Waals surface area contributed by atoms with Gasteiger partial charge in [-0.2, -0.15) is 0 Å². The van der Waals surface area contributed by atoms with Crippen molar-refractivity contribution in [2.24, 2.45) is 0 Å². The summed E-state index contributed by atoms with van der Waals surface area (Å²) in [6.45, 7) is 0. The molecular formula is C61H37NO. The topological polar surface area (TPSA) is 16.4 Å². The predicted octanol–water partition coefficient (Wildman–Crippen LogP) is 16.5. The van der Waals surface area contributed by atoms with Crippen molar-refractivity contribution in [2.45, 2.75) is 5.41 Å². The van der Waals surface area contributed by atoms with Crippen LogP contribution >= 0.6 is 0 Å². The Labute approximate surface area is 364 Å². The molecule has 0 saturated heterocycles. The van der Waals surface area contributed by atoms with Crippen molar-refractivity contribution in [3.05, 3.63) is 247 Å². The van der Waals surface area contributed by atoms with Gasteiger partial charge in [0.2, 0.25) is 0 Å². The first-order chi connectivity index (χ1) is 31.3. The molecule has 0 amide bonds. The van der Waals surface area contributed by atoms with Crippen LogP contribution in [0.4, 0.5) is 17.1 Å². The number of hydrogen-bond donors (Lipinski definition) is 0. The van der Waals surface area contributed by atoms with Crippen molar-refractivity contribution in [3.63, 3.8) is 0 Å². The maximum absolute atomic E-state index is 6.26. The molecule has 11 aromatic carbocycles. The van der Waals surface area contributed by atoms with Gasteiger partial charge in [0.15, 0.2) is 0 Å². The molecule has 0 N–H and O–H groups in total. The molecular weight excluding hydrogens is 763 g/mol. The third-order valence-electron chi connectivity index (χ3n) is 14.0. The van der Waals surface area contributed by atoms with Gasteiger partial charge in [0.25, 0.3) is 0 Å². The Morgan fingerprint density at radius 3 is 1.48 bits per heavy atom. The fraction of sp³-hybridized carbons (Fsp3) is 0.0164. The first-order valence-electron chi connectivity index (χ1n) is 21.8. The summed E-state index contributed by atoms with van der Waals surface area (Å²) in [5.74, 6) is 0. The molecule has 1 aromatic heterocycles. The Balaban J connectivity index is 1.06. The Kier molecular flexibility index (Phi) is 7.07. The standard InChI is InChI=1S/C61H37NO/c1-2-18-44-42(17-1)43-19-3-4-24-50(43)60-51(44)25-14-29-57(60)62(40-16-13-15-38(35-40)39-31-34-59-52(36-39)49-23-8-12-30-58(49)63-59)41-32-33-48-47-22-7-11-28-55(47)61(56(48)37-41)53-26-9-5-20-45(53)46-21-6-10-27-54(46)61/h1-37H. The number of nitrogens with zero attached hydrogens (tertiary/aromatic N) is 1. The molecule has 1 spiro atoms. The van der Waals surface area contributed by atoms with Crippen molar-refractivity contribution in [1.82, 2.24) is 0 Å². The van der Waals surface area contributed by atoms with Crippen molar-refractivity contribution in [1.29, 1.82) is 0 Å². The van der Waals surface area contributed by atoms with Crippen LogP contribution in [0.25, 0.3) is 87.6 Å². The zero-order valence-corrected chi connectivity index (χ0v) is 34.2. The molecule has 0 atom stereocenters. The molecule has 14 rings (SSSR count). The summed E-state index contributed by atoms with van der Waals surface area (Å²) in [6.07, 6.45) is 0. The number of para-hydroxylation sites is 1. The lowest BCUT2D eigenvalue weighted by Crippen LogP contribution is -2.26. The summed E-state index contributed by atoms with van der Waals surface area (Å²) in [5.41, 5.74) is 17.5. The lowest BCUT2D eigenvalue weighted by atomic mass is 9.70. The van der Waals surface area contributed by atoms with Gasteiger partial charge in [-0.1, -0.05) is 176 Å². The van der Waals surface area contributed by atoms with Crippen LogP contribution in [0.15, 0.2) is 229 Å². The lowest BCUT2D eigenvalue weighted by Gasteiger charge is -2.32. The van der Waals surface area contributed by atoms with Gasteiger partial charge >= 0.3 is 0 Å². The first kappa shape index (κ1) is 34.5. The van der Waals surface area contributed by atoms with Crippen molar-refractivity contribution < 1.29 is 4.42 Å². The minimum absolute atomic E-state index is 0.465. The number of hydrogen-bond acceptors (Lipinski definition) is 2. The summed E-state index contributed by atoms with van der Waals surface area (Å²) < 4.78 is 6.26. The second kappa shape index (κ2) is 12.9. The van der Waals surface area contributed by atoms with Gasteiger partial charge in [-0.3, -0.25) is 0 Å². The van der Waals surface area contributed by atoms with E-state index in [0.717, 1.165) is 50.1 Å². The van der Waals surface area contributed by atoms with Crippen LogP contribution in [0.3, 0.4) is 0 Å². The summed E-state index contributed by atoms with van der Waals surface area (Å²) in [5, 5.41) is 9.74. The SMILES string of the molecule is c1cc(-c2ccc3oc4ccccc4c3c2)cc(N(c2ccc3c(c2)C2(c4ccccc4-c4ccccc42)c2ccccc2-3)c2cccc3c4ccccc4c4ccccc4c23)c1. The van der Waals surface area contributed by atoms with Crippen LogP contribution in [0, 0.1) is 0 Å². The van der Waals surface area contributed by atoms with E-state index >= 15 is 0 Å². The third kappa shape index (κ3) is 4.67. The van der Waals surface area contributed by atoms with E-state index in [2.05, 4.69) is 217 Å². The summed E-state index contributed by atoms with van der Waals surface area (Å²) in [7, 11) is 0. The van der Waals surface area contributed by atoms with Crippen LogP contribution in [0.2, 0.25) is 0 Å². The summed E-state index contributed by atoms with van der Waals surface area (Å²) in [4.78, 5) is 2.52. The van der Waals surface area contributed by atoms with E-state index in [1.54, 1.807) is 0 Å².